The van der Waals surface area contributed by atoms with Crippen LogP contribution >= 0.6 is 24.4 Å². The van der Waals surface area contributed by atoms with Crippen LogP contribution in [0.4, 0.5) is 22.7 Å². The summed E-state index contributed by atoms with van der Waals surface area (Å²) < 4.78 is 0.856. The minimum atomic E-state index is 0. The molecule has 0 radical (unpaired) electrons. The number of thiocarbonyl (C=S) groups is 2. The summed E-state index contributed by atoms with van der Waals surface area (Å²) in [6.45, 7) is 0. The molecule has 0 atom stereocenters. The van der Waals surface area contributed by atoms with E-state index in [1.54, 1.807) is 0 Å². The molecule has 4 aromatic rings. The van der Waals surface area contributed by atoms with Gasteiger partial charge < -0.3 is 59.5 Å². The van der Waals surface area contributed by atoms with Gasteiger partial charge >= 0.3 is 27.3 Å². The minimum absolute atomic E-state index is 0. The van der Waals surface area contributed by atoms with E-state index < -0.39 is 0 Å². The van der Waals surface area contributed by atoms with Crippen LogP contribution in [0.2, 0.25) is 0 Å². The Kier molecular flexibility index (Phi) is 11.8. The van der Waals surface area contributed by atoms with Crippen LogP contribution in [-0.4, -0.2) is 8.64 Å². The molecule has 0 fully saturated rings. The van der Waals surface area contributed by atoms with Gasteiger partial charge in [0.05, 0.1) is 0 Å². The first kappa shape index (κ1) is 27.3. The number of anilines is 4. The first-order valence-corrected chi connectivity index (χ1v) is 11.4. The van der Waals surface area contributed by atoms with E-state index in [1.807, 2.05) is 131 Å². The smallest absolute Gasteiger partial charge is 0.411 e. The molecule has 33 heavy (non-hydrogen) atoms. The second-order valence-electron chi connectivity index (χ2n) is 6.54. The Labute approximate surface area is 237 Å². The number of benzene rings is 4. The maximum absolute atomic E-state index is 5.12. The maximum atomic E-state index is 5.12. The molecule has 4 rings (SSSR count). The van der Waals surface area contributed by atoms with Gasteiger partial charge in [-0.3, -0.25) is 0 Å². The molecule has 0 N–H and O–H groups in total. The average Bonchev–Trinajstić information content (AvgIpc) is 2.82. The van der Waals surface area contributed by atoms with Crippen molar-refractivity contribution in [3.05, 3.63) is 121 Å². The van der Waals surface area contributed by atoms with Crippen molar-refractivity contribution < 1.29 is 27.3 Å². The summed E-state index contributed by atoms with van der Waals surface area (Å²) in [5, 5.41) is 0. The molecule has 0 heterocycles. The molecule has 0 amide bonds. The maximum Gasteiger partial charge on any atom is 2.00 e. The van der Waals surface area contributed by atoms with Gasteiger partial charge in [0.25, 0.3) is 0 Å². The van der Waals surface area contributed by atoms with Gasteiger partial charge in [-0.2, -0.15) is 0 Å². The van der Waals surface area contributed by atoms with Crippen molar-refractivity contribution in [3.63, 3.8) is 0 Å². The van der Waals surface area contributed by atoms with Gasteiger partial charge in [0.2, 0.25) is 0 Å². The average molecular weight is 601 g/mol. The Morgan fingerprint density at radius 2 is 0.606 bits per heavy atom. The number of nitrogens with zero attached hydrogens (tertiary/aromatic N) is 2. The molecule has 0 saturated heterocycles. The van der Waals surface area contributed by atoms with Crippen LogP contribution in [0.1, 0.15) is 0 Å². The quantitative estimate of drug-likeness (QED) is 0.137. The van der Waals surface area contributed by atoms with Crippen molar-refractivity contribution in [1.82, 2.24) is 0 Å². The van der Waals surface area contributed by atoms with Crippen molar-refractivity contribution >= 4 is 81.1 Å². The molecule has 160 valence electrons. The van der Waals surface area contributed by atoms with Crippen molar-refractivity contribution in [2.75, 3.05) is 9.80 Å². The molecule has 4 aromatic carbocycles. The zero-order valence-electron chi connectivity index (χ0n) is 17.8. The van der Waals surface area contributed by atoms with Gasteiger partial charge in [-0.1, -0.05) is 81.4 Å². The van der Waals surface area contributed by atoms with E-state index in [4.69, 9.17) is 49.7 Å². The molecule has 0 aliphatic rings. The van der Waals surface area contributed by atoms with Gasteiger partial charge in [0, 0.05) is 22.7 Å². The van der Waals surface area contributed by atoms with Gasteiger partial charge in [0.15, 0.2) is 0 Å². The molecule has 0 unspecified atom stereocenters. The Hall–Kier alpha value is -1.98. The van der Waals surface area contributed by atoms with E-state index in [-0.39, 0.29) is 27.3 Å². The Bertz CT molecular complexity index is 956. The molecule has 0 aromatic heterocycles. The van der Waals surface area contributed by atoms with Crippen LogP contribution in [0, 0.1) is 0 Å². The molecular formula is C26H20CdN2S4. The predicted octanol–water partition coefficient (Wildman–Crippen LogP) is 7.31. The van der Waals surface area contributed by atoms with Crippen LogP contribution in [0.25, 0.3) is 0 Å². The third-order valence-corrected chi connectivity index (χ3v) is 5.15. The van der Waals surface area contributed by atoms with Crippen LogP contribution in [-0.2, 0) is 52.6 Å². The fraction of sp³-hybridized carbons (Fsp3) is 0. The van der Waals surface area contributed by atoms with Gasteiger partial charge in [-0.15, -0.1) is 0 Å². The summed E-state index contributed by atoms with van der Waals surface area (Å²) in [7, 11) is 0. The summed E-state index contributed by atoms with van der Waals surface area (Å²) >= 11 is 20.5. The SMILES string of the molecule is S=C([S-])N(c1ccccc1)c1ccccc1.S=C([S-])N(c1ccccc1)c1ccccc1.[Cd+2]. The van der Waals surface area contributed by atoms with Crippen molar-refractivity contribution in [1.29, 1.82) is 0 Å². The van der Waals surface area contributed by atoms with Crippen LogP contribution in [0.3, 0.4) is 0 Å². The summed E-state index contributed by atoms with van der Waals surface area (Å²) in [6.07, 6.45) is 0. The molecule has 0 aliphatic carbocycles. The van der Waals surface area contributed by atoms with E-state index in [2.05, 4.69) is 0 Å². The topological polar surface area (TPSA) is 6.48 Å². The predicted molar refractivity (Wildman–Crippen MR) is 150 cm³/mol. The Morgan fingerprint density at radius 3 is 0.758 bits per heavy atom. The van der Waals surface area contributed by atoms with Gasteiger partial charge in [0.1, 0.15) is 0 Å². The fourth-order valence-corrected chi connectivity index (χ4v) is 3.87. The molecule has 7 heteroatoms. The molecule has 0 bridgehead atoms. The largest absolute Gasteiger partial charge is 2.00 e. The number of hydrogen-bond donors (Lipinski definition) is 0. The zero-order valence-corrected chi connectivity index (χ0v) is 25.1. The molecule has 0 saturated carbocycles. The third-order valence-electron chi connectivity index (χ3n) is 4.42. The van der Waals surface area contributed by atoms with E-state index >= 15 is 0 Å². The van der Waals surface area contributed by atoms with Crippen LogP contribution in [0.15, 0.2) is 121 Å². The van der Waals surface area contributed by atoms with E-state index in [0.717, 1.165) is 22.7 Å². The molecule has 2 nitrogen and oxygen atoms in total. The fourth-order valence-electron chi connectivity index (χ4n) is 3.03. The molecule has 0 aliphatic heterocycles. The summed E-state index contributed by atoms with van der Waals surface area (Å²) in [5.41, 5.74) is 3.98. The third kappa shape index (κ3) is 8.08. The molecular weight excluding hydrogens is 581 g/mol. The van der Waals surface area contributed by atoms with Gasteiger partial charge in [-0.25, -0.2) is 0 Å². The summed E-state index contributed by atoms with van der Waals surface area (Å²) in [5.74, 6) is 0. The number of rotatable bonds is 4. The minimum Gasteiger partial charge on any atom is -0.411 e. The standard InChI is InChI=1S/2C13H11NS2.Cd/c2*15-13(16)14(11-7-3-1-4-8-11)12-9-5-2-6-10-12;/h2*1-10H,(H,15,16);/q;;+2/p-2. The van der Waals surface area contributed by atoms with Crippen LogP contribution in [0.5, 0.6) is 0 Å². The van der Waals surface area contributed by atoms with Crippen molar-refractivity contribution in [2.24, 2.45) is 0 Å². The second kappa shape index (κ2) is 14.3. The van der Waals surface area contributed by atoms with Gasteiger partial charge in [-0.05, 0) is 48.5 Å². The van der Waals surface area contributed by atoms with Crippen molar-refractivity contribution in [2.45, 2.75) is 0 Å². The zero-order chi connectivity index (χ0) is 22.8. The van der Waals surface area contributed by atoms with E-state index in [9.17, 15) is 0 Å². The normalized spacial score (nSPS) is 9.45. The number of para-hydroxylation sites is 4. The Morgan fingerprint density at radius 1 is 0.424 bits per heavy atom. The van der Waals surface area contributed by atoms with E-state index in [1.165, 1.54) is 0 Å². The summed E-state index contributed by atoms with van der Waals surface area (Å²) in [6, 6.07) is 39.6. The monoisotopic (exact) mass is 602 g/mol. The summed E-state index contributed by atoms with van der Waals surface area (Å²) in [4.78, 5) is 3.76. The first-order chi connectivity index (χ1) is 15.6. The van der Waals surface area contributed by atoms with Crippen LogP contribution < -0.4 is 9.80 Å². The second-order valence-corrected chi connectivity index (χ2v) is 8.61. The molecule has 0 spiro atoms. The van der Waals surface area contributed by atoms with Crippen molar-refractivity contribution in [3.8, 4) is 0 Å². The van der Waals surface area contributed by atoms with E-state index in [0.29, 0.717) is 8.64 Å². The number of hydrogen-bond acceptors (Lipinski definition) is 4. The Balaban J connectivity index is 0.000000227. The first-order valence-electron chi connectivity index (χ1n) is 9.80.